The van der Waals surface area contributed by atoms with Gasteiger partial charge in [0.25, 0.3) is 0 Å². The second kappa shape index (κ2) is 6.80. The molecule has 0 saturated heterocycles. The summed E-state index contributed by atoms with van der Waals surface area (Å²) in [6.07, 6.45) is 0. The molecule has 0 fully saturated rings. The molecule has 0 bridgehead atoms. The molecule has 1 aliphatic rings. The van der Waals surface area contributed by atoms with Crippen LogP contribution in [0.2, 0.25) is 0 Å². The number of nitrogens with one attached hydrogen (secondary N) is 2. The summed E-state index contributed by atoms with van der Waals surface area (Å²) >= 11 is 0. The minimum Gasteiger partial charge on any atom is -0.478 e. The predicted octanol–water partition coefficient (Wildman–Crippen LogP) is 2.04. The topological polar surface area (TPSA) is 113 Å². The average molecular weight is 374 g/mol. The molecule has 1 amide bonds. The molecule has 1 aliphatic heterocycles. The third-order valence-electron chi connectivity index (χ3n) is 4.06. The van der Waals surface area contributed by atoms with Crippen molar-refractivity contribution in [2.75, 3.05) is 16.4 Å². The first-order valence-corrected chi connectivity index (χ1v) is 9.76. The van der Waals surface area contributed by atoms with E-state index in [0.29, 0.717) is 16.9 Å². The molecular formula is C18H18N2O5S. The molecule has 1 atom stereocenters. The number of carboxylic acid groups (broad SMARTS) is 1. The van der Waals surface area contributed by atoms with Gasteiger partial charge in [0, 0.05) is 0 Å². The molecule has 7 nitrogen and oxygen atoms in total. The van der Waals surface area contributed by atoms with Crippen molar-refractivity contribution in [3.63, 3.8) is 0 Å². The highest BCUT2D eigenvalue weighted by Gasteiger charge is 2.30. The number of aryl methyl sites for hydroxylation is 1. The van der Waals surface area contributed by atoms with E-state index in [1.165, 1.54) is 18.2 Å². The molecule has 2 aromatic carbocycles. The largest absolute Gasteiger partial charge is 0.478 e. The summed E-state index contributed by atoms with van der Waals surface area (Å²) in [4.78, 5) is 23.2. The molecule has 2 aromatic rings. The molecule has 3 N–H and O–H groups in total. The van der Waals surface area contributed by atoms with Gasteiger partial charge in [0.2, 0.25) is 5.91 Å². The molecule has 0 radical (unpaired) electrons. The number of carbonyl (C=O) groups excluding carboxylic acids is 1. The van der Waals surface area contributed by atoms with Crippen LogP contribution >= 0.6 is 0 Å². The number of fused-ring (bicyclic) bond motifs is 1. The van der Waals surface area contributed by atoms with Crippen molar-refractivity contribution in [3.05, 3.63) is 59.2 Å². The number of aromatic carboxylic acids is 1. The van der Waals surface area contributed by atoms with Crippen LogP contribution in [0.1, 0.15) is 21.5 Å². The SMILES string of the molecule is Cc1cccc(CS(=O)(=O)CC2Nc3ccc(C(=O)O)cc3NC2=O)c1. The lowest BCUT2D eigenvalue weighted by molar-refractivity contribution is -0.116. The second-order valence-corrected chi connectivity index (χ2v) is 8.40. The Bertz CT molecular complexity index is 985. The maximum atomic E-state index is 12.5. The van der Waals surface area contributed by atoms with E-state index in [2.05, 4.69) is 10.6 Å². The highest BCUT2D eigenvalue weighted by Crippen LogP contribution is 2.28. The maximum Gasteiger partial charge on any atom is 0.335 e. The second-order valence-electron chi connectivity index (χ2n) is 6.30. The van der Waals surface area contributed by atoms with Gasteiger partial charge in [-0.1, -0.05) is 29.8 Å². The van der Waals surface area contributed by atoms with Crippen LogP contribution in [0.25, 0.3) is 0 Å². The Morgan fingerprint density at radius 3 is 2.62 bits per heavy atom. The first kappa shape index (κ1) is 17.9. The monoisotopic (exact) mass is 374 g/mol. The van der Waals surface area contributed by atoms with Crippen LogP contribution < -0.4 is 10.6 Å². The van der Waals surface area contributed by atoms with Crippen molar-refractivity contribution in [1.29, 1.82) is 0 Å². The molecule has 1 unspecified atom stereocenters. The summed E-state index contributed by atoms with van der Waals surface area (Å²) in [5, 5.41) is 14.5. The van der Waals surface area contributed by atoms with Crippen LogP contribution in [0.5, 0.6) is 0 Å². The molecule has 3 rings (SSSR count). The number of hydrogen-bond acceptors (Lipinski definition) is 5. The summed E-state index contributed by atoms with van der Waals surface area (Å²) in [5.74, 6) is -2.12. The third-order valence-corrected chi connectivity index (χ3v) is 5.67. The summed E-state index contributed by atoms with van der Waals surface area (Å²) in [7, 11) is -3.53. The van der Waals surface area contributed by atoms with Crippen LogP contribution in [-0.2, 0) is 20.4 Å². The van der Waals surface area contributed by atoms with E-state index < -0.39 is 27.8 Å². The zero-order valence-corrected chi connectivity index (χ0v) is 14.8. The lowest BCUT2D eigenvalue weighted by atomic mass is 10.1. The van der Waals surface area contributed by atoms with Gasteiger partial charge < -0.3 is 15.7 Å². The zero-order chi connectivity index (χ0) is 18.9. The molecule has 8 heteroatoms. The summed E-state index contributed by atoms with van der Waals surface area (Å²) in [5.41, 5.74) is 2.49. The van der Waals surface area contributed by atoms with E-state index in [-0.39, 0.29) is 17.1 Å². The van der Waals surface area contributed by atoms with Gasteiger partial charge in [-0.15, -0.1) is 0 Å². The number of hydrogen-bond donors (Lipinski definition) is 3. The molecule has 0 spiro atoms. The highest BCUT2D eigenvalue weighted by molar-refractivity contribution is 7.90. The number of carbonyl (C=O) groups is 2. The van der Waals surface area contributed by atoms with Crippen molar-refractivity contribution < 1.29 is 23.1 Å². The summed E-state index contributed by atoms with van der Waals surface area (Å²) < 4.78 is 25.0. The summed E-state index contributed by atoms with van der Waals surface area (Å²) in [6, 6.07) is 10.5. The molecule has 136 valence electrons. The van der Waals surface area contributed by atoms with Crippen LogP contribution in [0.15, 0.2) is 42.5 Å². The van der Waals surface area contributed by atoms with E-state index >= 15 is 0 Å². The Balaban J connectivity index is 1.76. The first-order chi connectivity index (χ1) is 12.2. The minimum atomic E-state index is -3.53. The number of carboxylic acids is 1. The number of benzene rings is 2. The van der Waals surface area contributed by atoms with Crippen LogP contribution in [-0.4, -0.2) is 37.2 Å². The van der Waals surface area contributed by atoms with Gasteiger partial charge in [-0.3, -0.25) is 4.79 Å². The highest BCUT2D eigenvalue weighted by atomic mass is 32.2. The maximum absolute atomic E-state index is 12.5. The summed E-state index contributed by atoms with van der Waals surface area (Å²) in [6.45, 7) is 1.88. The number of anilines is 2. The van der Waals surface area contributed by atoms with Gasteiger partial charge in [0.15, 0.2) is 9.84 Å². The zero-order valence-electron chi connectivity index (χ0n) is 14.0. The van der Waals surface area contributed by atoms with Gasteiger partial charge in [0.1, 0.15) is 6.04 Å². The number of sulfone groups is 1. The van der Waals surface area contributed by atoms with Crippen molar-refractivity contribution in [2.24, 2.45) is 0 Å². The number of amides is 1. The Morgan fingerprint density at radius 2 is 1.92 bits per heavy atom. The smallest absolute Gasteiger partial charge is 0.335 e. The van der Waals surface area contributed by atoms with E-state index in [4.69, 9.17) is 5.11 Å². The molecule has 1 heterocycles. The molecule has 0 aliphatic carbocycles. The van der Waals surface area contributed by atoms with E-state index in [1.807, 2.05) is 13.0 Å². The Labute approximate surface area is 151 Å². The van der Waals surface area contributed by atoms with E-state index in [1.54, 1.807) is 18.2 Å². The minimum absolute atomic E-state index is 0.0383. The van der Waals surface area contributed by atoms with Crippen LogP contribution in [0.3, 0.4) is 0 Å². The third kappa shape index (κ3) is 4.02. The van der Waals surface area contributed by atoms with Gasteiger partial charge in [-0.05, 0) is 30.7 Å². The van der Waals surface area contributed by atoms with Crippen molar-refractivity contribution in [1.82, 2.24) is 0 Å². The van der Waals surface area contributed by atoms with Gasteiger partial charge in [-0.25, -0.2) is 13.2 Å². The fourth-order valence-corrected chi connectivity index (χ4v) is 4.41. The fourth-order valence-electron chi connectivity index (χ4n) is 2.87. The molecule has 0 aromatic heterocycles. The first-order valence-electron chi connectivity index (χ1n) is 7.94. The normalized spacial score (nSPS) is 16.3. The molecule has 26 heavy (non-hydrogen) atoms. The Kier molecular flexibility index (Phi) is 4.69. The predicted molar refractivity (Wildman–Crippen MR) is 98.1 cm³/mol. The Morgan fingerprint density at radius 1 is 1.15 bits per heavy atom. The standard InChI is InChI=1S/C18H18N2O5S/c1-11-3-2-4-12(7-11)9-26(24,25)10-16-17(21)20-15-8-13(18(22)23)5-6-14(15)19-16/h2-8,16,19H,9-10H2,1H3,(H,20,21)(H,22,23). The van der Waals surface area contributed by atoms with Crippen molar-refractivity contribution in [3.8, 4) is 0 Å². The lowest BCUT2D eigenvalue weighted by Crippen LogP contribution is -2.43. The van der Waals surface area contributed by atoms with Crippen molar-refractivity contribution >= 4 is 33.1 Å². The number of rotatable bonds is 5. The lowest BCUT2D eigenvalue weighted by Gasteiger charge is -2.27. The fraction of sp³-hybridized carbons (Fsp3) is 0.222. The van der Waals surface area contributed by atoms with Gasteiger partial charge in [0.05, 0.1) is 28.4 Å². The Hall–Kier alpha value is -2.87. The molecular weight excluding hydrogens is 356 g/mol. The van der Waals surface area contributed by atoms with Crippen LogP contribution in [0.4, 0.5) is 11.4 Å². The van der Waals surface area contributed by atoms with Crippen molar-refractivity contribution in [2.45, 2.75) is 18.7 Å². The van der Waals surface area contributed by atoms with E-state index in [9.17, 15) is 18.0 Å². The van der Waals surface area contributed by atoms with Gasteiger partial charge >= 0.3 is 5.97 Å². The quantitative estimate of drug-likeness (QED) is 0.738. The van der Waals surface area contributed by atoms with E-state index in [0.717, 1.165) is 5.56 Å². The van der Waals surface area contributed by atoms with Crippen LogP contribution in [0, 0.1) is 6.92 Å². The molecule has 0 saturated carbocycles. The van der Waals surface area contributed by atoms with Gasteiger partial charge in [-0.2, -0.15) is 0 Å². The average Bonchev–Trinajstić information content (AvgIpc) is 2.54.